The van der Waals surface area contributed by atoms with Gasteiger partial charge in [-0.05, 0) is 55.5 Å². The predicted molar refractivity (Wildman–Crippen MR) is 107 cm³/mol. The highest BCUT2D eigenvalue weighted by molar-refractivity contribution is 8.13. The SMILES string of the molecule is CC(C)(C)C(=O)Sc1cc(Cl)c(Cl)cc1NC(=O)[C@H]1CC[C@H](C)CC1. The lowest BCUT2D eigenvalue weighted by molar-refractivity contribution is -0.121. The van der Waals surface area contributed by atoms with Crippen molar-refractivity contribution in [3.63, 3.8) is 0 Å². The number of halogens is 2. The van der Waals surface area contributed by atoms with Crippen molar-refractivity contribution in [2.24, 2.45) is 17.3 Å². The summed E-state index contributed by atoms with van der Waals surface area (Å²) in [5.74, 6) is 0.696. The average Bonchev–Trinajstić information content (AvgIpc) is 2.51. The minimum absolute atomic E-state index is 0.00431. The summed E-state index contributed by atoms with van der Waals surface area (Å²) in [6, 6.07) is 3.28. The van der Waals surface area contributed by atoms with Crippen molar-refractivity contribution in [1.82, 2.24) is 0 Å². The van der Waals surface area contributed by atoms with E-state index in [4.69, 9.17) is 23.2 Å². The second-order valence-corrected chi connectivity index (χ2v) is 9.68. The van der Waals surface area contributed by atoms with E-state index < -0.39 is 5.41 Å². The molecule has 0 atom stereocenters. The molecule has 1 aromatic carbocycles. The monoisotopic (exact) mass is 401 g/mol. The van der Waals surface area contributed by atoms with Crippen LogP contribution in [0.15, 0.2) is 17.0 Å². The lowest BCUT2D eigenvalue weighted by Gasteiger charge is -2.25. The number of carbonyl (C=O) groups is 2. The Morgan fingerprint density at radius 1 is 1.08 bits per heavy atom. The number of benzene rings is 1. The van der Waals surface area contributed by atoms with Crippen LogP contribution in [0.2, 0.25) is 10.0 Å². The largest absolute Gasteiger partial charge is 0.325 e. The van der Waals surface area contributed by atoms with E-state index in [-0.39, 0.29) is 16.9 Å². The van der Waals surface area contributed by atoms with Crippen LogP contribution in [-0.4, -0.2) is 11.0 Å². The van der Waals surface area contributed by atoms with E-state index in [1.807, 2.05) is 20.8 Å². The summed E-state index contributed by atoms with van der Waals surface area (Å²) in [5.41, 5.74) is 0.0676. The highest BCUT2D eigenvalue weighted by Crippen LogP contribution is 2.39. The first-order chi connectivity index (χ1) is 11.6. The van der Waals surface area contributed by atoms with E-state index in [0.29, 0.717) is 26.5 Å². The summed E-state index contributed by atoms with van der Waals surface area (Å²) >= 11 is 13.3. The lowest BCUT2D eigenvalue weighted by Crippen LogP contribution is -2.27. The minimum atomic E-state index is -0.489. The van der Waals surface area contributed by atoms with Crippen molar-refractivity contribution in [3.8, 4) is 0 Å². The summed E-state index contributed by atoms with van der Waals surface area (Å²) < 4.78 is 0. The van der Waals surface area contributed by atoms with Gasteiger partial charge in [0, 0.05) is 16.2 Å². The smallest absolute Gasteiger partial charge is 0.227 e. The van der Waals surface area contributed by atoms with Crippen LogP contribution in [0.5, 0.6) is 0 Å². The Kier molecular flexibility index (Phi) is 6.86. The molecule has 138 valence electrons. The second kappa shape index (κ2) is 8.32. The quantitative estimate of drug-likeness (QED) is 0.593. The fourth-order valence-electron chi connectivity index (χ4n) is 2.72. The number of hydrogen-bond donors (Lipinski definition) is 1. The van der Waals surface area contributed by atoms with Crippen LogP contribution < -0.4 is 5.32 Å². The molecule has 0 radical (unpaired) electrons. The van der Waals surface area contributed by atoms with Crippen LogP contribution in [0.3, 0.4) is 0 Å². The fraction of sp³-hybridized carbons (Fsp3) is 0.579. The number of nitrogens with one attached hydrogen (secondary N) is 1. The molecule has 2 rings (SSSR count). The molecule has 1 amide bonds. The Bertz CT molecular complexity index is 662. The van der Waals surface area contributed by atoms with Crippen LogP contribution in [0, 0.1) is 17.3 Å². The minimum Gasteiger partial charge on any atom is -0.325 e. The second-order valence-electron chi connectivity index (χ2n) is 7.85. The molecule has 0 spiro atoms. The van der Waals surface area contributed by atoms with Gasteiger partial charge in [-0.1, -0.05) is 50.9 Å². The molecular formula is C19H25Cl2NO2S. The van der Waals surface area contributed by atoms with Crippen LogP contribution in [-0.2, 0) is 9.59 Å². The fourth-order valence-corrected chi connectivity index (χ4v) is 4.02. The Morgan fingerprint density at radius 2 is 1.64 bits per heavy atom. The number of thioether (sulfide) groups is 1. The molecule has 25 heavy (non-hydrogen) atoms. The van der Waals surface area contributed by atoms with Crippen LogP contribution in [0.4, 0.5) is 5.69 Å². The van der Waals surface area contributed by atoms with Gasteiger partial charge in [0.25, 0.3) is 0 Å². The van der Waals surface area contributed by atoms with Gasteiger partial charge in [-0.3, -0.25) is 9.59 Å². The molecule has 1 aliphatic rings. The third kappa shape index (κ3) is 5.63. The topological polar surface area (TPSA) is 46.2 Å². The number of rotatable bonds is 3. The standard InChI is InChI=1S/C19H25Cl2NO2S/c1-11-5-7-12(8-6-11)17(23)22-15-9-13(20)14(21)10-16(15)25-18(24)19(2,3)4/h9-12H,5-8H2,1-4H3,(H,22,23)/t11-,12-. The normalized spacial score (nSPS) is 21.0. The molecule has 0 unspecified atom stereocenters. The number of hydrogen-bond acceptors (Lipinski definition) is 3. The van der Waals surface area contributed by atoms with Gasteiger partial charge in [-0.2, -0.15) is 0 Å². The summed E-state index contributed by atoms with van der Waals surface area (Å²) in [7, 11) is 0. The van der Waals surface area contributed by atoms with E-state index in [1.165, 1.54) is 0 Å². The molecule has 0 saturated heterocycles. The van der Waals surface area contributed by atoms with Crippen molar-refractivity contribution < 1.29 is 9.59 Å². The van der Waals surface area contributed by atoms with Gasteiger partial charge < -0.3 is 5.32 Å². The van der Waals surface area contributed by atoms with Crippen LogP contribution in [0.25, 0.3) is 0 Å². The van der Waals surface area contributed by atoms with Crippen LogP contribution in [0.1, 0.15) is 53.4 Å². The van der Waals surface area contributed by atoms with Gasteiger partial charge in [0.05, 0.1) is 15.7 Å². The molecular weight excluding hydrogens is 377 g/mol. The van der Waals surface area contributed by atoms with Crippen molar-refractivity contribution >= 4 is 51.7 Å². The average molecular weight is 402 g/mol. The summed E-state index contributed by atoms with van der Waals surface area (Å²) in [5, 5.41) is 3.71. The molecule has 0 aliphatic heterocycles. The number of anilines is 1. The first-order valence-electron chi connectivity index (χ1n) is 8.60. The van der Waals surface area contributed by atoms with Crippen LogP contribution >= 0.6 is 35.0 Å². The van der Waals surface area contributed by atoms with E-state index in [2.05, 4.69) is 12.2 Å². The third-order valence-electron chi connectivity index (χ3n) is 4.48. The Labute approximate surface area is 164 Å². The highest BCUT2D eigenvalue weighted by atomic mass is 35.5. The maximum atomic E-state index is 12.6. The molecule has 0 heterocycles. The Balaban J connectivity index is 2.19. The van der Waals surface area contributed by atoms with E-state index >= 15 is 0 Å². The zero-order valence-electron chi connectivity index (χ0n) is 15.1. The molecule has 1 fully saturated rings. The van der Waals surface area contributed by atoms with E-state index in [0.717, 1.165) is 37.4 Å². The lowest BCUT2D eigenvalue weighted by atomic mass is 9.82. The summed E-state index contributed by atoms with van der Waals surface area (Å²) in [6.45, 7) is 7.81. The molecule has 0 aromatic heterocycles. The maximum absolute atomic E-state index is 12.6. The highest BCUT2D eigenvalue weighted by Gasteiger charge is 2.27. The van der Waals surface area contributed by atoms with Crippen molar-refractivity contribution in [2.75, 3.05) is 5.32 Å². The van der Waals surface area contributed by atoms with Gasteiger partial charge >= 0.3 is 0 Å². The zero-order valence-corrected chi connectivity index (χ0v) is 17.4. The number of amides is 1. The zero-order chi connectivity index (χ0) is 18.8. The third-order valence-corrected chi connectivity index (χ3v) is 6.56. The number of carbonyl (C=O) groups excluding carboxylic acids is 2. The van der Waals surface area contributed by atoms with Gasteiger partial charge in [0.1, 0.15) is 0 Å². The molecule has 6 heteroatoms. The molecule has 1 N–H and O–H groups in total. The van der Waals surface area contributed by atoms with Gasteiger partial charge in [0.2, 0.25) is 5.91 Å². The van der Waals surface area contributed by atoms with Crippen molar-refractivity contribution in [2.45, 2.75) is 58.3 Å². The van der Waals surface area contributed by atoms with Gasteiger partial charge in [0.15, 0.2) is 5.12 Å². The molecule has 3 nitrogen and oxygen atoms in total. The maximum Gasteiger partial charge on any atom is 0.227 e. The molecule has 1 aliphatic carbocycles. The predicted octanol–water partition coefficient (Wildman–Crippen LogP) is 6.42. The van der Waals surface area contributed by atoms with Crippen molar-refractivity contribution in [3.05, 3.63) is 22.2 Å². The molecule has 1 saturated carbocycles. The first kappa shape index (κ1) is 20.6. The van der Waals surface area contributed by atoms with Crippen molar-refractivity contribution in [1.29, 1.82) is 0 Å². The van der Waals surface area contributed by atoms with E-state index in [9.17, 15) is 9.59 Å². The molecule has 1 aromatic rings. The molecule has 0 bridgehead atoms. The van der Waals surface area contributed by atoms with Gasteiger partial charge in [-0.15, -0.1) is 0 Å². The summed E-state index contributed by atoms with van der Waals surface area (Å²) in [4.78, 5) is 25.6. The van der Waals surface area contributed by atoms with E-state index in [1.54, 1.807) is 12.1 Å². The Morgan fingerprint density at radius 3 is 2.20 bits per heavy atom. The van der Waals surface area contributed by atoms with Gasteiger partial charge in [-0.25, -0.2) is 0 Å². The summed E-state index contributed by atoms with van der Waals surface area (Å²) in [6.07, 6.45) is 3.95. The first-order valence-corrected chi connectivity index (χ1v) is 10.2. The Hall–Kier alpha value is -0.710.